The van der Waals surface area contributed by atoms with Gasteiger partial charge in [0, 0.05) is 18.8 Å². The number of hydrogen-bond donors (Lipinski definition) is 1. The van der Waals surface area contributed by atoms with Crippen molar-refractivity contribution in [2.24, 2.45) is 0 Å². The average molecular weight is 325 g/mol. The van der Waals surface area contributed by atoms with Crippen LogP contribution in [0.25, 0.3) is 0 Å². The molecule has 0 bridgehead atoms. The van der Waals surface area contributed by atoms with E-state index in [2.05, 4.69) is 50.6 Å². The second-order valence-corrected chi connectivity index (χ2v) is 5.09. The van der Waals surface area contributed by atoms with Crippen LogP contribution in [0.5, 0.6) is 5.75 Å². The summed E-state index contributed by atoms with van der Waals surface area (Å²) in [6.45, 7) is 3.78. The summed E-state index contributed by atoms with van der Waals surface area (Å²) in [6.07, 6.45) is 3.54. The highest BCUT2D eigenvalue weighted by molar-refractivity contribution is 9.10. The van der Waals surface area contributed by atoms with Crippen LogP contribution in [0.15, 0.2) is 35.1 Å². The first kappa shape index (κ1) is 14.0. The van der Waals surface area contributed by atoms with Crippen LogP contribution in [0.2, 0.25) is 0 Å². The number of halogens is 1. The average Bonchev–Trinajstić information content (AvgIpc) is 2.91. The van der Waals surface area contributed by atoms with Crippen molar-refractivity contribution in [3.63, 3.8) is 0 Å². The minimum Gasteiger partial charge on any atom is -0.496 e. The normalized spacial score (nSPS) is 12.4. The van der Waals surface area contributed by atoms with Crippen molar-refractivity contribution in [1.82, 2.24) is 20.3 Å². The highest BCUT2D eigenvalue weighted by Gasteiger charge is 2.07. The number of hydrogen-bond acceptors (Lipinski definition) is 4. The molecule has 1 atom stereocenters. The number of methoxy groups -OCH3 is 1. The lowest BCUT2D eigenvalue weighted by molar-refractivity contribution is 0.411. The minimum atomic E-state index is 0.269. The first-order valence-corrected chi connectivity index (χ1v) is 6.91. The largest absolute Gasteiger partial charge is 0.496 e. The van der Waals surface area contributed by atoms with Gasteiger partial charge in [-0.1, -0.05) is 11.3 Å². The van der Waals surface area contributed by atoms with Crippen LogP contribution >= 0.6 is 15.9 Å². The van der Waals surface area contributed by atoms with Gasteiger partial charge in [-0.2, -0.15) is 0 Å². The van der Waals surface area contributed by atoms with E-state index >= 15 is 0 Å². The van der Waals surface area contributed by atoms with Gasteiger partial charge in [0.15, 0.2) is 0 Å². The van der Waals surface area contributed by atoms with Crippen molar-refractivity contribution >= 4 is 15.9 Å². The second kappa shape index (κ2) is 6.68. The Balaban J connectivity index is 1.88. The fourth-order valence-electron chi connectivity index (χ4n) is 1.82. The maximum Gasteiger partial charge on any atom is 0.133 e. The Morgan fingerprint density at radius 2 is 2.32 bits per heavy atom. The Kier molecular flexibility index (Phi) is 4.93. The molecular weight excluding hydrogens is 308 g/mol. The summed E-state index contributed by atoms with van der Waals surface area (Å²) >= 11 is 3.50. The number of nitrogens with zero attached hydrogens (tertiary/aromatic N) is 3. The highest BCUT2D eigenvalue weighted by atomic mass is 79.9. The number of nitrogens with one attached hydrogen (secondary N) is 1. The molecule has 6 heteroatoms. The molecule has 102 valence electrons. The molecule has 1 heterocycles. The van der Waals surface area contributed by atoms with Crippen LogP contribution in [0.1, 0.15) is 18.5 Å². The quantitative estimate of drug-likeness (QED) is 0.886. The monoisotopic (exact) mass is 324 g/mol. The Labute approximate surface area is 121 Å². The molecular formula is C13H17BrN4O. The van der Waals surface area contributed by atoms with E-state index in [0.717, 1.165) is 23.3 Å². The lowest BCUT2D eigenvalue weighted by Gasteiger charge is -2.15. The van der Waals surface area contributed by atoms with Gasteiger partial charge in [-0.25, -0.2) is 0 Å². The van der Waals surface area contributed by atoms with Gasteiger partial charge in [0.2, 0.25) is 0 Å². The maximum atomic E-state index is 5.22. The van der Waals surface area contributed by atoms with Crippen LogP contribution in [-0.2, 0) is 6.54 Å². The van der Waals surface area contributed by atoms with Crippen molar-refractivity contribution < 1.29 is 4.74 Å². The molecule has 19 heavy (non-hydrogen) atoms. The number of rotatable bonds is 6. The molecule has 0 fully saturated rings. The third kappa shape index (κ3) is 3.78. The predicted molar refractivity (Wildman–Crippen MR) is 77.1 cm³/mol. The zero-order valence-corrected chi connectivity index (χ0v) is 12.6. The maximum absolute atomic E-state index is 5.22. The van der Waals surface area contributed by atoms with Gasteiger partial charge in [-0.3, -0.25) is 4.68 Å². The Morgan fingerprint density at radius 1 is 1.47 bits per heavy atom. The van der Waals surface area contributed by atoms with Crippen LogP contribution in [-0.4, -0.2) is 28.6 Å². The molecule has 2 aromatic rings. The van der Waals surface area contributed by atoms with Crippen molar-refractivity contribution in [2.75, 3.05) is 13.7 Å². The van der Waals surface area contributed by atoms with Crippen molar-refractivity contribution in [3.8, 4) is 5.75 Å². The van der Waals surface area contributed by atoms with E-state index in [1.54, 1.807) is 13.3 Å². The molecule has 1 aromatic heterocycles. The number of ether oxygens (including phenoxy) is 1. The lowest BCUT2D eigenvalue weighted by Crippen LogP contribution is -2.23. The molecule has 0 amide bonds. The van der Waals surface area contributed by atoms with Gasteiger partial charge < -0.3 is 10.1 Å². The van der Waals surface area contributed by atoms with Gasteiger partial charge in [0.1, 0.15) is 5.75 Å². The first-order valence-electron chi connectivity index (χ1n) is 6.11. The molecule has 0 aliphatic heterocycles. The first-order chi connectivity index (χ1) is 9.20. The minimum absolute atomic E-state index is 0.269. The molecule has 0 radical (unpaired) electrons. The molecule has 0 spiro atoms. The third-order valence-corrected chi connectivity index (χ3v) is 3.56. The summed E-state index contributed by atoms with van der Waals surface area (Å²) in [4.78, 5) is 0. The number of aromatic nitrogens is 3. The standard InChI is InChI=1S/C13H17BrN4O/c1-10(15-5-7-18-8-6-16-17-18)11-3-4-13(19-2)12(14)9-11/h3-4,6,8-10,15H,5,7H2,1-2H3. The molecule has 1 N–H and O–H groups in total. The zero-order valence-electron chi connectivity index (χ0n) is 11.0. The van der Waals surface area contributed by atoms with E-state index in [4.69, 9.17) is 4.74 Å². The molecule has 0 aliphatic carbocycles. The Bertz CT molecular complexity index is 515. The SMILES string of the molecule is COc1ccc(C(C)NCCn2ccnn2)cc1Br. The molecule has 1 aromatic carbocycles. The summed E-state index contributed by atoms with van der Waals surface area (Å²) in [7, 11) is 1.67. The van der Waals surface area contributed by atoms with Crippen LogP contribution in [0.3, 0.4) is 0 Å². The molecule has 0 aliphatic rings. The zero-order chi connectivity index (χ0) is 13.7. The molecule has 5 nitrogen and oxygen atoms in total. The van der Waals surface area contributed by atoms with E-state index in [1.807, 2.05) is 16.9 Å². The molecule has 0 saturated carbocycles. The van der Waals surface area contributed by atoms with Gasteiger partial charge in [-0.05, 0) is 40.5 Å². The smallest absolute Gasteiger partial charge is 0.133 e. The molecule has 0 saturated heterocycles. The summed E-state index contributed by atoms with van der Waals surface area (Å²) in [5.41, 5.74) is 1.21. The van der Waals surface area contributed by atoms with Gasteiger partial charge in [0.05, 0.1) is 24.3 Å². The van der Waals surface area contributed by atoms with Crippen molar-refractivity contribution in [3.05, 3.63) is 40.6 Å². The summed E-state index contributed by atoms with van der Waals surface area (Å²) in [5, 5.41) is 11.2. The highest BCUT2D eigenvalue weighted by Crippen LogP contribution is 2.27. The lowest BCUT2D eigenvalue weighted by atomic mass is 10.1. The Morgan fingerprint density at radius 3 is 2.95 bits per heavy atom. The summed E-state index contributed by atoms with van der Waals surface area (Å²) < 4.78 is 8.00. The Hall–Kier alpha value is -1.40. The predicted octanol–water partition coefficient (Wildman–Crippen LogP) is 2.40. The third-order valence-electron chi connectivity index (χ3n) is 2.94. The van der Waals surface area contributed by atoms with E-state index in [0.29, 0.717) is 0 Å². The van der Waals surface area contributed by atoms with Crippen LogP contribution in [0.4, 0.5) is 0 Å². The molecule has 2 rings (SSSR count). The van der Waals surface area contributed by atoms with Crippen LogP contribution < -0.4 is 10.1 Å². The molecule has 1 unspecified atom stereocenters. The van der Waals surface area contributed by atoms with Gasteiger partial charge in [0.25, 0.3) is 0 Å². The summed E-state index contributed by atoms with van der Waals surface area (Å²) in [5.74, 6) is 0.846. The second-order valence-electron chi connectivity index (χ2n) is 4.24. The van der Waals surface area contributed by atoms with E-state index in [1.165, 1.54) is 5.56 Å². The van der Waals surface area contributed by atoms with E-state index < -0.39 is 0 Å². The summed E-state index contributed by atoms with van der Waals surface area (Å²) in [6, 6.07) is 6.38. The van der Waals surface area contributed by atoms with E-state index in [-0.39, 0.29) is 6.04 Å². The van der Waals surface area contributed by atoms with Crippen molar-refractivity contribution in [2.45, 2.75) is 19.5 Å². The topological polar surface area (TPSA) is 52.0 Å². The fraction of sp³-hybridized carbons (Fsp3) is 0.385. The number of benzene rings is 1. The fourth-order valence-corrected chi connectivity index (χ4v) is 2.38. The van der Waals surface area contributed by atoms with E-state index in [9.17, 15) is 0 Å². The van der Waals surface area contributed by atoms with Gasteiger partial charge >= 0.3 is 0 Å². The van der Waals surface area contributed by atoms with Gasteiger partial charge in [-0.15, -0.1) is 5.10 Å². The van der Waals surface area contributed by atoms with Crippen molar-refractivity contribution in [1.29, 1.82) is 0 Å². The van der Waals surface area contributed by atoms with Crippen LogP contribution in [0, 0.1) is 0 Å².